The van der Waals surface area contributed by atoms with Crippen LogP contribution in [0.5, 0.6) is 0 Å². The summed E-state index contributed by atoms with van der Waals surface area (Å²) >= 11 is 0. The van der Waals surface area contributed by atoms with E-state index in [4.69, 9.17) is 0 Å². The minimum atomic E-state index is -3.48. The molecule has 0 aliphatic heterocycles. The third-order valence-electron chi connectivity index (χ3n) is 3.57. The quantitative estimate of drug-likeness (QED) is 0.848. The second-order valence-corrected chi connectivity index (χ2v) is 7.22. The van der Waals surface area contributed by atoms with Crippen molar-refractivity contribution in [2.45, 2.75) is 52.0 Å². The summed E-state index contributed by atoms with van der Waals surface area (Å²) in [5, 5.41) is 3.04. The highest BCUT2D eigenvalue weighted by molar-refractivity contribution is 7.89. The van der Waals surface area contributed by atoms with Crippen LogP contribution in [0.4, 0.5) is 5.69 Å². The zero-order valence-electron chi connectivity index (χ0n) is 13.2. The third-order valence-corrected chi connectivity index (χ3v) is 5.36. The Hall–Kier alpha value is -1.07. The Morgan fingerprint density at radius 2 is 1.65 bits per heavy atom. The highest BCUT2D eigenvalue weighted by Gasteiger charge is 2.24. The lowest BCUT2D eigenvalue weighted by atomic mass is 10.0. The van der Waals surface area contributed by atoms with Gasteiger partial charge in [0.15, 0.2) is 0 Å². The van der Waals surface area contributed by atoms with E-state index in [2.05, 4.69) is 10.0 Å². The van der Waals surface area contributed by atoms with E-state index in [0.717, 1.165) is 23.2 Å². The van der Waals surface area contributed by atoms with Crippen LogP contribution in [-0.2, 0) is 10.0 Å². The van der Waals surface area contributed by atoms with Crippen molar-refractivity contribution in [2.24, 2.45) is 5.92 Å². The summed E-state index contributed by atoms with van der Waals surface area (Å²) in [4.78, 5) is 0.399. The summed E-state index contributed by atoms with van der Waals surface area (Å²) in [6, 6.07) is 3.68. The van der Waals surface area contributed by atoms with Crippen molar-refractivity contribution in [3.8, 4) is 0 Å². The second-order valence-electron chi connectivity index (χ2n) is 5.57. The average molecular weight is 298 g/mol. The lowest BCUT2D eigenvalue weighted by Crippen LogP contribution is -2.38. The van der Waals surface area contributed by atoms with Gasteiger partial charge < -0.3 is 5.32 Å². The van der Waals surface area contributed by atoms with Gasteiger partial charge in [-0.2, -0.15) is 0 Å². The number of anilines is 1. The van der Waals surface area contributed by atoms with Gasteiger partial charge in [0.2, 0.25) is 10.0 Å². The fourth-order valence-corrected chi connectivity index (χ4v) is 4.39. The summed E-state index contributed by atoms with van der Waals surface area (Å²) in [7, 11) is -1.65. The molecular weight excluding hydrogens is 272 g/mol. The fourth-order valence-electron chi connectivity index (χ4n) is 2.47. The molecule has 0 aliphatic rings. The van der Waals surface area contributed by atoms with E-state index in [9.17, 15) is 8.42 Å². The van der Waals surface area contributed by atoms with E-state index in [1.807, 2.05) is 53.8 Å². The highest BCUT2D eigenvalue weighted by atomic mass is 32.2. The van der Waals surface area contributed by atoms with Crippen LogP contribution < -0.4 is 10.0 Å². The second kappa shape index (κ2) is 6.59. The Kier molecular flexibility index (Phi) is 5.59. The summed E-state index contributed by atoms with van der Waals surface area (Å²) in [6.07, 6.45) is 0.781. The molecule has 1 atom stereocenters. The topological polar surface area (TPSA) is 58.2 Å². The first-order valence-corrected chi connectivity index (χ1v) is 8.52. The molecule has 114 valence electrons. The summed E-state index contributed by atoms with van der Waals surface area (Å²) in [5.41, 5.74) is 2.45. The molecule has 0 radical (unpaired) electrons. The Bertz CT molecular complexity index is 542. The van der Waals surface area contributed by atoms with Gasteiger partial charge in [-0.25, -0.2) is 13.1 Å². The van der Waals surface area contributed by atoms with Gasteiger partial charge in [0, 0.05) is 18.8 Å². The van der Waals surface area contributed by atoms with Gasteiger partial charge in [-0.05, 0) is 49.4 Å². The molecule has 0 heterocycles. The summed E-state index contributed by atoms with van der Waals surface area (Å²) < 4.78 is 28.1. The summed E-state index contributed by atoms with van der Waals surface area (Å²) in [6.45, 7) is 9.72. The molecule has 0 saturated carbocycles. The molecule has 5 heteroatoms. The molecule has 2 N–H and O–H groups in total. The Balaban J connectivity index is 3.22. The SMILES string of the molecule is CCC(NS(=O)(=O)c1c(C)cc(NC)cc1C)C(C)C. The smallest absolute Gasteiger partial charge is 0.241 e. The van der Waals surface area contributed by atoms with Crippen LogP contribution >= 0.6 is 0 Å². The first-order valence-electron chi connectivity index (χ1n) is 7.04. The number of aryl methyl sites for hydroxylation is 2. The molecule has 0 saturated heterocycles. The Morgan fingerprint density at radius 1 is 1.15 bits per heavy atom. The highest BCUT2D eigenvalue weighted by Crippen LogP contribution is 2.25. The largest absolute Gasteiger partial charge is 0.388 e. The van der Waals surface area contributed by atoms with Crippen LogP contribution in [-0.4, -0.2) is 21.5 Å². The molecule has 0 fully saturated rings. The zero-order valence-corrected chi connectivity index (χ0v) is 14.1. The lowest BCUT2D eigenvalue weighted by Gasteiger charge is -2.22. The maximum atomic E-state index is 12.6. The minimum Gasteiger partial charge on any atom is -0.388 e. The number of rotatable bonds is 6. The van der Waals surface area contributed by atoms with E-state index < -0.39 is 10.0 Å². The minimum absolute atomic E-state index is 0.0391. The van der Waals surface area contributed by atoms with E-state index in [1.165, 1.54) is 0 Å². The number of benzene rings is 1. The first kappa shape index (κ1) is 17.0. The van der Waals surface area contributed by atoms with Gasteiger partial charge in [-0.3, -0.25) is 0 Å². The van der Waals surface area contributed by atoms with Gasteiger partial charge in [-0.15, -0.1) is 0 Å². The third kappa shape index (κ3) is 3.73. The molecule has 1 unspecified atom stereocenters. The summed E-state index contributed by atoms with van der Waals surface area (Å²) in [5.74, 6) is 0.270. The van der Waals surface area contributed by atoms with E-state index in [0.29, 0.717) is 4.90 Å². The lowest BCUT2D eigenvalue weighted by molar-refractivity contribution is 0.437. The van der Waals surface area contributed by atoms with Crippen molar-refractivity contribution in [3.05, 3.63) is 23.3 Å². The zero-order chi connectivity index (χ0) is 15.5. The molecule has 20 heavy (non-hydrogen) atoms. The molecule has 0 amide bonds. The normalized spacial score (nSPS) is 13.6. The molecule has 0 aromatic heterocycles. The van der Waals surface area contributed by atoms with Gasteiger partial charge in [0.05, 0.1) is 4.90 Å². The van der Waals surface area contributed by atoms with Crippen molar-refractivity contribution in [2.75, 3.05) is 12.4 Å². The molecule has 4 nitrogen and oxygen atoms in total. The van der Waals surface area contributed by atoms with Gasteiger partial charge in [0.1, 0.15) is 0 Å². The van der Waals surface area contributed by atoms with Crippen LogP contribution in [0.15, 0.2) is 17.0 Å². The van der Waals surface area contributed by atoms with E-state index >= 15 is 0 Å². The fraction of sp³-hybridized carbons (Fsp3) is 0.600. The average Bonchev–Trinajstić information content (AvgIpc) is 2.34. The molecule has 0 bridgehead atoms. The van der Waals surface area contributed by atoms with Crippen LogP contribution in [0, 0.1) is 19.8 Å². The van der Waals surface area contributed by atoms with Crippen molar-refractivity contribution < 1.29 is 8.42 Å². The molecular formula is C15H26N2O2S. The Labute approximate surface area is 123 Å². The van der Waals surface area contributed by atoms with Crippen molar-refractivity contribution in [1.82, 2.24) is 4.72 Å². The molecule has 0 spiro atoms. The number of hydrogen-bond donors (Lipinski definition) is 2. The van der Waals surface area contributed by atoms with Gasteiger partial charge >= 0.3 is 0 Å². The standard InChI is InChI=1S/C15H26N2O2S/c1-7-14(10(2)3)17-20(18,19)15-11(4)8-13(16-6)9-12(15)5/h8-10,14,16-17H,7H2,1-6H3. The monoisotopic (exact) mass is 298 g/mol. The number of hydrogen-bond acceptors (Lipinski definition) is 3. The predicted octanol–water partition coefficient (Wildman–Crippen LogP) is 3.06. The number of sulfonamides is 1. The maximum absolute atomic E-state index is 12.6. The molecule has 1 aromatic carbocycles. The van der Waals surface area contributed by atoms with Crippen molar-refractivity contribution >= 4 is 15.7 Å². The van der Waals surface area contributed by atoms with E-state index in [1.54, 1.807) is 0 Å². The van der Waals surface area contributed by atoms with Gasteiger partial charge in [0.25, 0.3) is 0 Å². The molecule has 0 aliphatic carbocycles. The predicted molar refractivity (Wildman–Crippen MR) is 84.7 cm³/mol. The molecule has 1 rings (SSSR count). The Morgan fingerprint density at radius 3 is 2.00 bits per heavy atom. The van der Waals surface area contributed by atoms with Crippen molar-refractivity contribution in [3.63, 3.8) is 0 Å². The van der Waals surface area contributed by atoms with Crippen LogP contribution in [0.25, 0.3) is 0 Å². The molecule has 1 aromatic rings. The van der Waals surface area contributed by atoms with Crippen LogP contribution in [0.2, 0.25) is 0 Å². The number of nitrogens with one attached hydrogen (secondary N) is 2. The van der Waals surface area contributed by atoms with Crippen molar-refractivity contribution in [1.29, 1.82) is 0 Å². The van der Waals surface area contributed by atoms with Crippen LogP contribution in [0.3, 0.4) is 0 Å². The maximum Gasteiger partial charge on any atom is 0.241 e. The van der Waals surface area contributed by atoms with Gasteiger partial charge in [-0.1, -0.05) is 20.8 Å². The van der Waals surface area contributed by atoms with Crippen LogP contribution in [0.1, 0.15) is 38.3 Å². The van der Waals surface area contributed by atoms with E-state index in [-0.39, 0.29) is 12.0 Å². The first-order chi connectivity index (χ1) is 9.22.